The zero-order valence-electron chi connectivity index (χ0n) is 19.0. The predicted octanol–water partition coefficient (Wildman–Crippen LogP) is 6.31. The lowest BCUT2D eigenvalue weighted by molar-refractivity contribution is -0.116. The third-order valence-corrected chi connectivity index (χ3v) is 6.14. The average molecular weight is 452 g/mol. The second kappa shape index (κ2) is 11.0. The van der Waals surface area contributed by atoms with Crippen LogP contribution < -0.4 is 10.1 Å². The van der Waals surface area contributed by atoms with E-state index in [4.69, 9.17) is 9.47 Å². The van der Waals surface area contributed by atoms with Gasteiger partial charge in [-0.25, -0.2) is 4.79 Å². The van der Waals surface area contributed by atoms with Crippen LogP contribution in [-0.2, 0) is 9.53 Å². The molecule has 0 spiro atoms. The zero-order chi connectivity index (χ0) is 23.1. The van der Waals surface area contributed by atoms with Crippen LogP contribution in [0, 0.1) is 20.8 Å². The van der Waals surface area contributed by atoms with E-state index in [9.17, 15) is 9.59 Å². The molecule has 0 atom stereocenters. The molecule has 1 heterocycles. The molecule has 0 aliphatic carbocycles. The number of amides is 1. The first-order valence-corrected chi connectivity index (χ1v) is 11.6. The number of aryl methyl sites for hydroxylation is 2. The number of hydrogen-bond donors (Lipinski definition) is 1. The van der Waals surface area contributed by atoms with Crippen LogP contribution in [0.15, 0.2) is 47.8 Å². The molecular formula is C26H29NO4S. The van der Waals surface area contributed by atoms with E-state index < -0.39 is 5.97 Å². The van der Waals surface area contributed by atoms with Crippen LogP contribution in [0.25, 0.3) is 11.1 Å². The highest BCUT2D eigenvalue weighted by molar-refractivity contribution is 7.15. The first-order valence-electron chi connectivity index (χ1n) is 10.7. The summed E-state index contributed by atoms with van der Waals surface area (Å²) in [7, 11) is 0. The van der Waals surface area contributed by atoms with Gasteiger partial charge in [-0.1, -0.05) is 42.0 Å². The monoisotopic (exact) mass is 451 g/mol. The minimum Gasteiger partial charge on any atom is -0.493 e. The maximum absolute atomic E-state index is 12.7. The minimum absolute atomic E-state index is 0.155. The summed E-state index contributed by atoms with van der Waals surface area (Å²) in [5, 5.41) is 5.29. The van der Waals surface area contributed by atoms with E-state index in [0.29, 0.717) is 30.0 Å². The quantitative estimate of drug-likeness (QED) is 0.306. The van der Waals surface area contributed by atoms with Crippen molar-refractivity contribution < 1.29 is 19.1 Å². The van der Waals surface area contributed by atoms with Gasteiger partial charge in [0, 0.05) is 17.4 Å². The Hall–Kier alpha value is -3.12. The van der Waals surface area contributed by atoms with Crippen molar-refractivity contribution in [1.82, 2.24) is 0 Å². The lowest BCUT2D eigenvalue weighted by Gasteiger charge is -2.11. The van der Waals surface area contributed by atoms with Gasteiger partial charge in [0.2, 0.25) is 5.91 Å². The fourth-order valence-corrected chi connectivity index (χ4v) is 4.26. The first kappa shape index (κ1) is 23.5. The number of esters is 1. The number of carbonyl (C=O) groups excluding carboxylic acids is 2. The Morgan fingerprint density at radius 3 is 2.50 bits per heavy atom. The maximum atomic E-state index is 12.7. The molecule has 168 valence electrons. The molecule has 0 bridgehead atoms. The van der Waals surface area contributed by atoms with E-state index in [1.807, 2.05) is 68.6 Å². The summed E-state index contributed by atoms with van der Waals surface area (Å²) in [5.41, 5.74) is 5.50. The number of carbonyl (C=O) groups is 2. The predicted molar refractivity (Wildman–Crippen MR) is 130 cm³/mol. The van der Waals surface area contributed by atoms with Crippen LogP contribution >= 0.6 is 11.3 Å². The fraction of sp³-hybridized carbons (Fsp3) is 0.308. The Balaban J connectivity index is 1.65. The largest absolute Gasteiger partial charge is 0.493 e. The number of ether oxygens (including phenoxy) is 2. The molecule has 0 fully saturated rings. The highest BCUT2D eigenvalue weighted by Crippen LogP contribution is 2.36. The Labute approximate surface area is 193 Å². The van der Waals surface area contributed by atoms with E-state index in [2.05, 4.69) is 5.32 Å². The summed E-state index contributed by atoms with van der Waals surface area (Å²) in [6.07, 6.45) is 0.870. The number of anilines is 1. The molecule has 1 aromatic heterocycles. The van der Waals surface area contributed by atoms with Gasteiger partial charge in [-0.3, -0.25) is 4.79 Å². The van der Waals surface area contributed by atoms with Crippen molar-refractivity contribution in [3.8, 4) is 16.9 Å². The number of thiophene rings is 1. The molecule has 3 aromatic rings. The first-order chi connectivity index (χ1) is 15.4. The summed E-state index contributed by atoms with van der Waals surface area (Å²) in [6.45, 7) is 8.56. The molecule has 0 unspecified atom stereocenters. The molecule has 1 amide bonds. The molecule has 1 N–H and O–H groups in total. The Morgan fingerprint density at radius 1 is 1.03 bits per heavy atom. The molecule has 0 saturated carbocycles. The van der Waals surface area contributed by atoms with Crippen molar-refractivity contribution in [3.63, 3.8) is 0 Å². The number of rotatable bonds is 9. The third kappa shape index (κ3) is 5.77. The number of benzene rings is 2. The van der Waals surface area contributed by atoms with E-state index in [1.54, 1.807) is 6.92 Å². The molecule has 3 rings (SSSR count). The van der Waals surface area contributed by atoms with Gasteiger partial charge in [-0.2, -0.15) is 0 Å². The van der Waals surface area contributed by atoms with E-state index in [0.717, 1.165) is 28.0 Å². The summed E-state index contributed by atoms with van der Waals surface area (Å²) >= 11 is 1.33. The third-order valence-electron chi connectivity index (χ3n) is 5.25. The van der Waals surface area contributed by atoms with E-state index in [-0.39, 0.29) is 12.5 Å². The molecule has 2 aromatic carbocycles. The molecule has 5 nitrogen and oxygen atoms in total. The fourth-order valence-electron chi connectivity index (χ4n) is 3.29. The molecule has 0 radical (unpaired) electrons. The van der Waals surface area contributed by atoms with Gasteiger partial charge in [0.1, 0.15) is 16.3 Å². The molecule has 0 aliphatic rings. The van der Waals surface area contributed by atoms with Gasteiger partial charge in [0.25, 0.3) is 0 Å². The smallest absolute Gasteiger partial charge is 0.341 e. The summed E-state index contributed by atoms with van der Waals surface area (Å²) in [4.78, 5) is 25.2. The molecule has 0 saturated heterocycles. The standard InChI is InChI=1S/C26H29NO4S/c1-5-30-26(29)24-21(20-13-11-17(2)12-14-20)16-32-25(24)27-23(28)10-7-15-31-22-9-6-8-18(3)19(22)4/h6,8-9,11-14,16H,5,7,10,15H2,1-4H3,(H,27,28). The van der Waals surface area contributed by atoms with Crippen LogP contribution in [0.1, 0.15) is 46.8 Å². The van der Waals surface area contributed by atoms with Crippen molar-refractivity contribution in [2.45, 2.75) is 40.5 Å². The lowest BCUT2D eigenvalue weighted by Crippen LogP contribution is -2.15. The van der Waals surface area contributed by atoms with Gasteiger partial charge in [0.15, 0.2) is 0 Å². The Bertz CT molecular complexity index is 1090. The van der Waals surface area contributed by atoms with Crippen LogP contribution in [0.3, 0.4) is 0 Å². The molecule has 0 aliphatic heterocycles. The Morgan fingerprint density at radius 2 is 1.78 bits per heavy atom. The van der Waals surface area contributed by atoms with Crippen molar-refractivity contribution >= 4 is 28.2 Å². The normalized spacial score (nSPS) is 10.6. The van der Waals surface area contributed by atoms with Gasteiger partial charge < -0.3 is 14.8 Å². The lowest BCUT2D eigenvalue weighted by atomic mass is 10.0. The summed E-state index contributed by atoms with van der Waals surface area (Å²) < 4.78 is 11.1. The summed E-state index contributed by atoms with van der Waals surface area (Å²) in [5.74, 6) is 0.256. The average Bonchev–Trinajstić information content (AvgIpc) is 3.18. The van der Waals surface area contributed by atoms with Crippen LogP contribution in [0.2, 0.25) is 0 Å². The molecule has 6 heteroatoms. The number of nitrogens with one attached hydrogen (secondary N) is 1. The Kier molecular flexibility index (Phi) is 8.06. The maximum Gasteiger partial charge on any atom is 0.341 e. The van der Waals surface area contributed by atoms with Gasteiger partial charge in [-0.15, -0.1) is 11.3 Å². The van der Waals surface area contributed by atoms with Crippen molar-refractivity contribution in [2.24, 2.45) is 0 Å². The second-order valence-electron chi connectivity index (χ2n) is 7.64. The summed E-state index contributed by atoms with van der Waals surface area (Å²) in [6, 6.07) is 13.9. The SMILES string of the molecule is CCOC(=O)c1c(-c2ccc(C)cc2)csc1NC(=O)CCCOc1cccc(C)c1C. The molecule has 32 heavy (non-hydrogen) atoms. The van der Waals surface area contributed by atoms with Crippen molar-refractivity contribution in [1.29, 1.82) is 0 Å². The van der Waals surface area contributed by atoms with Crippen LogP contribution in [-0.4, -0.2) is 25.1 Å². The zero-order valence-corrected chi connectivity index (χ0v) is 19.8. The van der Waals surface area contributed by atoms with Crippen molar-refractivity contribution in [2.75, 3.05) is 18.5 Å². The van der Waals surface area contributed by atoms with Crippen molar-refractivity contribution in [3.05, 3.63) is 70.1 Å². The van der Waals surface area contributed by atoms with Crippen LogP contribution in [0.5, 0.6) is 5.75 Å². The number of hydrogen-bond acceptors (Lipinski definition) is 5. The second-order valence-corrected chi connectivity index (χ2v) is 8.52. The highest BCUT2D eigenvalue weighted by atomic mass is 32.1. The topological polar surface area (TPSA) is 64.6 Å². The van der Waals surface area contributed by atoms with E-state index in [1.165, 1.54) is 16.9 Å². The van der Waals surface area contributed by atoms with Gasteiger partial charge in [0.05, 0.1) is 13.2 Å². The van der Waals surface area contributed by atoms with Gasteiger partial charge >= 0.3 is 5.97 Å². The van der Waals surface area contributed by atoms with E-state index >= 15 is 0 Å². The molecular weight excluding hydrogens is 422 g/mol. The highest BCUT2D eigenvalue weighted by Gasteiger charge is 2.22. The van der Waals surface area contributed by atoms with Gasteiger partial charge in [-0.05, 0) is 56.9 Å². The minimum atomic E-state index is -0.433. The van der Waals surface area contributed by atoms with Crippen LogP contribution in [0.4, 0.5) is 5.00 Å².